The van der Waals surface area contributed by atoms with E-state index in [2.05, 4.69) is 0 Å². The third-order valence-electron chi connectivity index (χ3n) is 1.97. The van der Waals surface area contributed by atoms with Crippen LogP contribution in [0.1, 0.15) is 5.56 Å². The van der Waals surface area contributed by atoms with E-state index in [1.807, 2.05) is 30.3 Å². The second-order valence-electron chi connectivity index (χ2n) is 3.08. The molecule has 3 N–H and O–H groups in total. The SMILES string of the molecule is NC(Cc1ccccc1)C(O)CF. The highest BCUT2D eigenvalue weighted by atomic mass is 19.1. The molecule has 0 aliphatic heterocycles. The van der Waals surface area contributed by atoms with Gasteiger partial charge in [-0.3, -0.25) is 0 Å². The number of hydrogen-bond acceptors (Lipinski definition) is 2. The minimum absolute atomic E-state index is 0.506. The van der Waals surface area contributed by atoms with Crippen molar-refractivity contribution in [1.29, 1.82) is 0 Å². The highest BCUT2D eigenvalue weighted by molar-refractivity contribution is 5.16. The van der Waals surface area contributed by atoms with E-state index in [0.29, 0.717) is 6.42 Å². The summed E-state index contributed by atoms with van der Waals surface area (Å²) in [7, 11) is 0. The van der Waals surface area contributed by atoms with Crippen LogP contribution in [0.5, 0.6) is 0 Å². The van der Waals surface area contributed by atoms with Crippen molar-refractivity contribution < 1.29 is 9.50 Å². The van der Waals surface area contributed by atoms with Gasteiger partial charge in [-0.15, -0.1) is 0 Å². The molecule has 0 spiro atoms. The minimum Gasteiger partial charge on any atom is -0.389 e. The van der Waals surface area contributed by atoms with Gasteiger partial charge in [-0.25, -0.2) is 4.39 Å². The molecule has 3 heteroatoms. The Labute approximate surface area is 77.2 Å². The summed E-state index contributed by atoms with van der Waals surface area (Å²) in [5.41, 5.74) is 6.59. The Balaban J connectivity index is 2.50. The van der Waals surface area contributed by atoms with Crippen LogP contribution in [0.3, 0.4) is 0 Å². The van der Waals surface area contributed by atoms with Crippen molar-refractivity contribution >= 4 is 0 Å². The van der Waals surface area contributed by atoms with Gasteiger partial charge in [-0.2, -0.15) is 0 Å². The summed E-state index contributed by atoms with van der Waals surface area (Å²) >= 11 is 0. The molecule has 1 rings (SSSR count). The van der Waals surface area contributed by atoms with Gasteiger partial charge in [0.2, 0.25) is 0 Å². The Morgan fingerprint density at radius 1 is 1.31 bits per heavy atom. The maximum atomic E-state index is 12.0. The molecule has 1 aromatic carbocycles. The Morgan fingerprint density at radius 3 is 2.46 bits per heavy atom. The van der Waals surface area contributed by atoms with E-state index < -0.39 is 18.8 Å². The fourth-order valence-electron chi connectivity index (χ4n) is 1.14. The lowest BCUT2D eigenvalue weighted by Gasteiger charge is -2.15. The first-order valence-corrected chi connectivity index (χ1v) is 4.27. The smallest absolute Gasteiger partial charge is 0.117 e. The first kappa shape index (κ1) is 10.2. The molecule has 0 aliphatic rings. The van der Waals surface area contributed by atoms with Gasteiger partial charge in [0.1, 0.15) is 6.67 Å². The summed E-state index contributed by atoms with van der Waals surface area (Å²) in [5.74, 6) is 0. The molecule has 72 valence electrons. The van der Waals surface area contributed by atoms with Crippen molar-refractivity contribution in [3.63, 3.8) is 0 Å². The molecule has 1 aromatic rings. The standard InChI is InChI=1S/C10H14FNO/c11-7-10(13)9(12)6-8-4-2-1-3-5-8/h1-5,9-10,13H,6-7,12H2. The lowest BCUT2D eigenvalue weighted by molar-refractivity contribution is 0.113. The van der Waals surface area contributed by atoms with Crippen LogP contribution in [0.2, 0.25) is 0 Å². The van der Waals surface area contributed by atoms with Gasteiger partial charge in [0, 0.05) is 6.04 Å². The molecule has 0 amide bonds. The Bertz CT molecular complexity index is 240. The summed E-state index contributed by atoms with van der Waals surface area (Å²) < 4.78 is 12.0. The van der Waals surface area contributed by atoms with Gasteiger partial charge in [0.25, 0.3) is 0 Å². The van der Waals surface area contributed by atoms with Crippen molar-refractivity contribution in [3.8, 4) is 0 Å². The van der Waals surface area contributed by atoms with Gasteiger partial charge < -0.3 is 10.8 Å². The van der Waals surface area contributed by atoms with Crippen molar-refractivity contribution in [2.45, 2.75) is 18.6 Å². The number of hydrogen-bond donors (Lipinski definition) is 2. The first-order valence-electron chi connectivity index (χ1n) is 4.27. The fraction of sp³-hybridized carbons (Fsp3) is 0.400. The van der Waals surface area contributed by atoms with Crippen LogP contribution < -0.4 is 5.73 Å². The number of alkyl halides is 1. The van der Waals surface area contributed by atoms with Crippen LogP contribution >= 0.6 is 0 Å². The van der Waals surface area contributed by atoms with E-state index in [4.69, 9.17) is 10.8 Å². The van der Waals surface area contributed by atoms with Gasteiger partial charge in [-0.05, 0) is 12.0 Å². The monoisotopic (exact) mass is 183 g/mol. The van der Waals surface area contributed by atoms with Gasteiger partial charge in [0.05, 0.1) is 6.10 Å². The lowest BCUT2D eigenvalue weighted by Crippen LogP contribution is -2.37. The molecule has 2 unspecified atom stereocenters. The molecule has 2 atom stereocenters. The number of halogens is 1. The number of aliphatic hydroxyl groups excluding tert-OH is 1. The van der Waals surface area contributed by atoms with Gasteiger partial charge in [-0.1, -0.05) is 30.3 Å². The maximum Gasteiger partial charge on any atom is 0.117 e. The van der Waals surface area contributed by atoms with Gasteiger partial charge in [0.15, 0.2) is 0 Å². The van der Waals surface area contributed by atoms with Crippen molar-refractivity contribution in [2.75, 3.05) is 6.67 Å². The van der Waals surface area contributed by atoms with E-state index in [-0.39, 0.29) is 0 Å². The molecule has 13 heavy (non-hydrogen) atoms. The largest absolute Gasteiger partial charge is 0.389 e. The molecule has 0 saturated carbocycles. The minimum atomic E-state index is -1.06. The highest BCUT2D eigenvalue weighted by Gasteiger charge is 2.14. The van der Waals surface area contributed by atoms with Gasteiger partial charge >= 0.3 is 0 Å². The zero-order chi connectivity index (χ0) is 9.68. The van der Waals surface area contributed by atoms with E-state index in [1.54, 1.807) is 0 Å². The average molecular weight is 183 g/mol. The fourth-order valence-corrected chi connectivity index (χ4v) is 1.14. The average Bonchev–Trinajstić information content (AvgIpc) is 2.18. The zero-order valence-corrected chi connectivity index (χ0v) is 7.36. The summed E-state index contributed by atoms with van der Waals surface area (Å²) in [6.07, 6.45) is -0.549. The number of benzene rings is 1. The quantitative estimate of drug-likeness (QED) is 0.728. The second-order valence-corrected chi connectivity index (χ2v) is 3.08. The summed E-state index contributed by atoms with van der Waals surface area (Å²) in [5, 5.41) is 9.09. The van der Waals surface area contributed by atoms with E-state index in [0.717, 1.165) is 5.56 Å². The van der Waals surface area contributed by atoms with Crippen molar-refractivity contribution in [2.24, 2.45) is 5.73 Å². The van der Waals surface area contributed by atoms with Crippen LogP contribution in [-0.2, 0) is 6.42 Å². The van der Waals surface area contributed by atoms with E-state index in [1.165, 1.54) is 0 Å². The molecule has 0 saturated heterocycles. The Hall–Kier alpha value is -0.930. The second kappa shape index (κ2) is 4.94. The summed E-state index contributed by atoms with van der Waals surface area (Å²) in [4.78, 5) is 0. The topological polar surface area (TPSA) is 46.2 Å². The van der Waals surface area contributed by atoms with Crippen LogP contribution in [0, 0.1) is 0 Å². The maximum absolute atomic E-state index is 12.0. The normalized spacial score (nSPS) is 15.3. The van der Waals surface area contributed by atoms with Crippen molar-refractivity contribution in [1.82, 2.24) is 0 Å². The van der Waals surface area contributed by atoms with Crippen LogP contribution in [0.4, 0.5) is 4.39 Å². The number of aliphatic hydroxyl groups is 1. The zero-order valence-electron chi connectivity index (χ0n) is 7.36. The number of rotatable bonds is 4. The molecule has 0 radical (unpaired) electrons. The molecule has 0 heterocycles. The molecule has 0 fully saturated rings. The van der Waals surface area contributed by atoms with Crippen LogP contribution in [0.15, 0.2) is 30.3 Å². The predicted molar refractivity (Wildman–Crippen MR) is 50.1 cm³/mol. The molecular weight excluding hydrogens is 169 g/mol. The highest BCUT2D eigenvalue weighted by Crippen LogP contribution is 2.04. The van der Waals surface area contributed by atoms with Crippen LogP contribution in [0.25, 0.3) is 0 Å². The third kappa shape index (κ3) is 3.13. The van der Waals surface area contributed by atoms with Crippen LogP contribution in [-0.4, -0.2) is 23.9 Å². The summed E-state index contributed by atoms with van der Waals surface area (Å²) in [6.45, 7) is -0.784. The predicted octanol–water partition coefficient (Wildman–Crippen LogP) is 0.887. The third-order valence-corrected chi connectivity index (χ3v) is 1.97. The summed E-state index contributed by atoms with van der Waals surface area (Å²) in [6, 6.07) is 8.98. The molecule has 0 aromatic heterocycles. The molecule has 2 nitrogen and oxygen atoms in total. The lowest BCUT2D eigenvalue weighted by atomic mass is 10.0. The molecular formula is C10H14FNO. The van der Waals surface area contributed by atoms with E-state index in [9.17, 15) is 4.39 Å². The molecule has 0 bridgehead atoms. The van der Waals surface area contributed by atoms with Crippen molar-refractivity contribution in [3.05, 3.63) is 35.9 Å². The molecule has 0 aliphatic carbocycles. The van der Waals surface area contributed by atoms with E-state index >= 15 is 0 Å². The first-order chi connectivity index (χ1) is 6.24. The Morgan fingerprint density at radius 2 is 1.92 bits per heavy atom. The number of nitrogens with two attached hydrogens (primary N) is 1. The Kier molecular flexibility index (Phi) is 3.86.